The molecule has 6 aromatic carbocycles. The molecule has 12 rings (SSSR count). The first-order valence-corrected chi connectivity index (χ1v) is 22.5. The first-order valence-electron chi connectivity index (χ1n) is 21.3. The molecule has 3 N–H and O–H groups in total. The van der Waals surface area contributed by atoms with E-state index in [0.29, 0.717) is 15.1 Å². The van der Waals surface area contributed by atoms with E-state index < -0.39 is 13.1 Å². The molecule has 0 aliphatic heterocycles. The Kier molecular flexibility index (Phi) is 16.4. The van der Waals surface area contributed by atoms with Crippen molar-refractivity contribution in [2.24, 2.45) is 0 Å². The average molecular weight is 951 g/mol. The summed E-state index contributed by atoms with van der Waals surface area (Å²) in [6.45, 7) is 1.08. The Morgan fingerprint density at radius 3 is 1.86 bits per heavy atom. The summed E-state index contributed by atoms with van der Waals surface area (Å²) in [5.74, 6) is -0.833. The maximum Gasteiger partial charge on any atom is 0.488 e. The highest BCUT2D eigenvalue weighted by Gasteiger charge is 2.14. The summed E-state index contributed by atoms with van der Waals surface area (Å²) in [7, 11) is -1.34. The predicted octanol–water partition coefficient (Wildman–Crippen LogP) is 12.8. The van der Waals surface area contributed by atoms with Crippen LogP contribution in [0.2, 0.25) is 5.02 Å². The fourth-order valence-corrected chi connectivity index (χ4v) is 7.98. The van der Waals surface area contributed by atoms with Crippen LogP contribution in [0.15, 0.2) is 211 Å². The van der Waals surface area contributed by atoms with Crippen LogP contribution in [0.25, 0.3) is 56.0 Å². The van der Waals surface area contributed by atoms with E-state index in [1.165, 1.54) is 66.0 Å². The zero-order valence-electron chi connectivity index (χ0n) is 36.1. The van der Waals surface area contributed by atoms with Gasteiger partial charge in [-0.25, -0.2) is 9.97 Å². The van der Waals surface area contributed by atoms with Crippen LogP contribution in [0.1, 0.15) is 34.7 Å². The number of carbonyl (C=O) groups is 1. The molecule has 0 saturated heterocycles. The third-order valence-electron chi connectivity index (χ3n) is 10.6. The van der Waals surface area contributed by atoms with Gasteiger partial charge < -0.3 is 15.2 Å². The molecule has 0 spiro atoms. The van der Waals surface area contributed by atoms with Crippen molar-refractivity contribution in [3.8, 4) is 0 Å². The quantitative estimate of drug-likeness (QED) is 0.0905. The van der Waals surface area contributed by atoms with Gasteiger partial charge in [0, 0.05) is 35.5 Å². The number of aliphatic carboxylic acids is 1. The van der Waals surface area contributed by atoms with E-state index in [-0.39, 0.29) is 0 Å². The maximum atomic E-state index is 9.00. The average Bonchev–Trinajstić information content (AvgIpc) is 4.12. The topological polar surface area (TPSA) is 108 Å². The van der Waals surface area contributed by atoms with Gasteiger partial charge in [-0.1, -0.05) is 181 Å². The number of rotatable bonds is 2. The normalized spacial score (nSPS) is 11.4. The van der Waals surface area contributed by atoms with Gasteiger partial charge in [0.25, 0.3) is 5.97 Å². The van der Waals surface area contributed by atoms with Gasteiger partial charge in [0.15, 0.2) is 0 Å². The second kappa shape index (κ2) is 23.2. The van der Waals surface area contributed by atoms with Crippen LogP contribution >= 0.6 is 27.5 Å². The number of fused-ring (bicyclic) bond motifs is 10. The van der Waals surface area contributed by atoms with Crippen molar-refractivity contribution >= 4 is 102 Å². The Bertz CT molecular complexity index is 3240. The molecule has 0 amide bonds. The lowest BCUT2D eigenvalue weighted by Crippen LogP contribution is -2.29. The zero-order chi connectivity index (χ0) is 46.3. The largest absolute Gasteiger partial charge is 0.488 e. The molecule has 0 atom stereocenters. The molecule has 0 unspecified atom stereocenters. The van der Waals surface area contributed by atoms with Gasteiger partial charge in [-0.3, -0.25) is 9.20 Å². The van der Waals surface area contributed by atoms with Crippen molar-refractivity contribution in [1.29, 1.82) is 0 Å². The van der Waals surface area contributed by atoms with Crippen LogP contribution in [0.5, 0.6) is 0 Å². The number of pyridine rings is 3. The van der Waals surface area contributed by atoms with E-state index >= 15 is 0 Å². The number of benzene rings is 6. The lowest BCUT2D eigenvalue weighted by molar-refractivity contribution is -0.134. The third kappa shape index (κ3) is 12.1. The molecule has 7 nitrogen and oxygen atoms in total. The van der Waals surface area contributed by atoms with Gasteiger partial charge in [0.05, 0.1) is 16.1 Å². The molecule has 2 aliphatic carbocycles. The fraction of sp³-hybridized carbons (Fsp3) is 0.0536. The molecular weight excluding hydrogens is 905 g/mol. The van der Waals surface area contributed by atoms with Crippen LogP contribution in [0.3, 0.4) is 0 Å². The van der Waals surface area contributed by atoms with E-state index in [9.17, 15) is 0 Å². The minimum absolute atomic E-state index is 0.525. The summed E-state index contributed by atoms with van der Waals surface area (Å²) >= 11 is 8.75. The molecule has 10 aromatic rings. The van der Waals surface area contributed by atoms with E-state index in [0.717, 1.165) is 25.4 Å². The zero-order valence-corrected chi connectivity index (χ0v) is 38.5. The Labute approximate surface area is 397 Å². The Hall–Kier alpha value is -7.14. The molecule has 0 fully saturated rings. The maximum absolute atomic E-state index is 9.00. The second-order valence-electron chi connectivity index (χ2n) is 15.1. The molecule has 66 heavy (non-hydrogen) atoms. The van der Waals surface area contributed by atoms with E-state index in [2.05, 4.69) is 188 Å². The number of allylic oxidation sites excluding steroid dienone is 2. The van der Waals surface area contributed by atoms with Crippen LogP contribution in [0.4, 0.5) is 0 Å². The number of nitrogens with zero attached hydrogens (tertiary/aromatic N) is 3. The Morgan fingerprint density at radius 2 is 1.21 bits per heavy atom. The minimum Gasteiger partial charge on any atom is -0.481 e. The summed E-state index contributed by atoms with van der Waals surface area (Å²) in [6, 6.07) is 63.4. The van der Waals surface area contributed by atoms with Crippen LogP contribution < -0.4 is 5.46 Å². The number of halogens is 2. The molecule has 4 heterocycles. The molecule has 2 aliphatic rings. The Balaban J connectivity index is 0.000000127. The van der Waals surface area contributed by atoms with E-state index in [1.54, 1.807) is 42.6 Å². The summed E-state index contributed by atoms with van der Waals surface area (Å²) in [4.78, 5) is 17.5. The summed E-state index contributed by atoms with van der Waals surface area (Å²) < 4.78 is 2.97. The second-order valence-corrected chi connectivity index (χ2v) is 16.3. The predicted molar refractivity (Wildman–Crippen MR) is 278 cm³/mol. The number of para-hydroxylation sites is 1. The smallest absolute Gasteiger partial charge is 0.481 e. The van der Waals surface area contributed by atoms with Crippen molar-refractivity contribution in [2.45, 2.75) is 19.8 Å². The van der Waals surface area contributed by atoms with E-state index in [4.69, 9.17) is 31.6 Å². The fourth-order valence-electron chi connectivity index (χ4n) is 7.61. The van der Waals surface area contributed by atoms with Crippen LogP contribution in [-0.2, 0) is 17.6 Å². The van der Waals surface area contributed by atoms with Crippen molar-refractivity contribution in [3.05, 3.63) is 244 Å². The Morgan fingerprint density at radius 1 is 0.636 bits per heavy atom. The number of hydrogen-bond donors (Lipinski definition) is 3. The summed E-state index contributed by atoms with van der Waals surface area (Å²) in [5.41, 5.74) is 12.4. The number of carboxylic acid groups (broad SMARTS) is 1. The van der Waals surface area contributed by atoms with Gasteiger partial charge >= 0.3 is 7.12 Å². The third-order valence-corrected chi connectivity index (χ3v) is 11.8. The summed E-state index contributed by atoms with van der Waals surface area (Å²) in [5, 5.41) is 30.2. The van der Waals surface area contributed by atoms with Crippen LogP contribution in [-0.4, -0.2) is 42.6 Å². The lowest BCUT2D eigenvalue weighted by Gasteiger charge is -2.08. The minimum atomic E-state index is -1.34. The molecule has 326 valence electrons. The molecular formula is C56H46BBrClN3O4. The molecule has 4 aromatic heterocycles. The molecule has 0 saturated carbocycles. The highest BCUT2D eigenvalue weighted by molar-refractivity contribution is 9.10. The SMILES string of the molecule is C1=C(c2ccccc2)Cc2ccccc21.C1=Cc2ccccc2C1.CC(=O)O.Clc1cccnc1Br.OB(O)c1ccccc1.c1ccc2c(c1)cc1c3ccccc3c3cccnc3n21. The molecule has 10 heteroatoms. The first-order chi connectivity index (χ1) is 32.2. The van der Waals surface area contributed by atoms with E-state index in [1.807, 2.05) is 18.3 Å². The standard InChI is InChI=1S/C19H12N2.C15H12.C9H8.C6H7BO2.C5H3BrClN.C2H4O2/c1-4-10-17-13(6-1)12-18-15-8-3-2-7-14(15)16-9-5-11-20-19(16)21(17)18;1-2-6-12(7-3-1)15-10-13-8-4-5-9-14(13)11-15;1-2-5-9-7-3-6-8(9)4-1;8-7(9)6-4-2-1-3-5-6;6-5-4(7)2-1-3-8-5;1-2(3)4/h1-12H;1-10H,11H2;1-6H,7H2;1-5,8-9H;1-3H;1H3,(H,3,4). The summed E-state index contributed by atoms with van der Waals surface area (Å²) in [6.07, 6.45) is 12.4. The van der Waals surface area contributed by atoms with Gasteiger partial charge in [-0.2, -0.15) is 0 Å². The number of carboxylic acids is 1. The van der Waals surface area contributed by atoms with Crippen molar-refractivity contribution < 1.29 is 19.9 Å². The highest BCUT2D eigenvalue weighted by atomic mass is 79.9. The van der Waals surface area contributed by atoms with Crippen molar-refractivity contribution in [2.75, 3.05) is 0 Å². The van der Waals surface area contributed by atoms with Gasteiger partial charge in [-0.05, 0) is 109 Å². The lowest BCUT2D eigenvalue weighted by atomic mass is 9.81. The van der Waals surface area contributed by atoms with Crippen LogP contribution in [0, 0.1) is 0 Å². The number of hydrogen-bond acceptors (Lipinski definition) is 5. The first kappa shape index (κ1) is 46.8. The van der Waals surface area contributed by atoms with Crippen molar-refractivity contribution in [1.82, 2.24) is 14.4 Å². The van der Waals surface area contributed by atoms with Crippen molar-refractivity contribution in [3.63, 3.8) is 0 Å². The number of aromatic nitrogens is 3. The monoisotopic (exact) mass is 949 g/mol. The van der Waals surface area contributed by atoms with Gasteiger partial charge in [0.1, 0.15) is 10.3 Å². The highest BCUT2D eigenvalue weighted by Crippen LogP contribution is 2.33. The van der Waals surface area contributed by atoms with Gasteiger partial charge in [-0.15, -0.1) is 0 Å². The molecule has 0 radical (unpaired) electrons. The molecule has 0 bridgehead atoms. The van der Waals surface area contributed by atoms with Gasteiger partial charge in [0.2, 0.25) is 0 Å².